The average Bonchev–Trinajstić information content (AvgIpc) is 2.60. The average molecular weight is 310 g/mol. The first-order valence-electron chi connectivity index (χ1n) is 7.28. The number of phenolic OH excluding ortho intramolecular Hbond substituents is 1. The highest BCUT2D eigenvalue weighted by atomic mass is 16.5. The van der Waals surface area contributed by atoms with Gasteiger partial charge in [-0.25, -0.2) is 0 Å². The van der Waals surface area contributed by atoms with Crippen molar-refractivity contribution in [2.24, 2.45) is 0 Å². The van der Waals surface area contributed by atoms with E-state index in [0.717, 1.165) is 5.56 Å². The van der Waals surface area contributed by atoms with E-state index in [1.165, 1.54) is 0 Å². The second kappa shape index (κ2) is 6.48. The fourth-order valence-electron chi connectivity index (χ4n) is 2.57. The Labute approximate surface area is 134 Å². The predicted molar refractivity (Wildman–Crippen MR) is 89.5 cm³/mol. The first kappa shape index (κ1) is 15.0. The van der Waals surface area contributed by atoms with E-state index >= 15 is 0 Å². The number of hydrogen-bond acceptors (Lipinski definition) is 4. The van der Waals surface area contributed by atoms with Gasteiger partial charge >= 0.3 is 0 Å². The predicted octanol–water partition coefficient (Wildman–Crippen LogP) is 4.14. The number of phenols is 1. The molecule has 118 valence electrons. The summed E-state index contributed by atoms with van der Waals surface area (Å²) in [5.74, 6) is 1.95. The highest BCUT2D eigenvalue weighted by Gasteiger charge is 2.16. The fourth-order valence-corrected chi connectivity index (χ4v) is 2.57. The van der Waals surface area contributed by atoms with Crippen molar-refractivity contribution in [2.75, 3.05) is 14.2 Å². The molecule has 0 fully saturated rings. The second-order valence-electron chi connectivity index (χ2n) is 5.08. The molecule has 0 aliphatic carbocycles. The Hall–Kier alpha value is -2.88. The third-order valence-electron chi connectivity index (χ3n) is 3.70. The molecule has 0 heterocycles. The van der Waals surface area contributed by atoms with Crippen LogP contribution in [0.3, 0.4) is 0 Å². The van der Waals surface area contributed by atoms with Crippen molar-refractivity contribution in [3.05, 3.63) is 60.2 Å². The molecule has 0 amide bonds. The smallest absolute Gasteiger partial charge is 0.172 e. The van der Waals surface area contributed by atoms with Crippen LogP contribution in [0.4, 0.5) is 0 Å². The maximum atomic E-state index is 10.1. The maximum absolute atomic E-state index is 10.1. The molecule has 0 bridgehead atoms. The van der Waals surface area contributed by atoms with Crippen LogP contribution in [0.15, 0.2) is 54.6 Å². The minimum absolute atomic E-state index is 0.175. The monoisotopic (exact) mass is 310 g/mol. The summed E-state index contributed by atoms with van der Waals surface area (Å²) < 4.78 is 16.8. The molecule has 0 aromatic heterocycles. The van der Waals surface area contributed by atoms with Gasteiger partial charge in [0.15, 0.2) is 11.5 Å². The van der Waals surface area contributed by atoms with E-state index in [9.17, 15) is 5.11 Å². The number of ether oxygens (including phenoxy) is 3. The maximum Gasteiger partial charge on any atom is 0.172 e. The van der Waals surface area contributed by atoms with Gasteiger partial charge in [0.05, 0.1) is 19.6 Å². The standard InChI is InChI=1S/C19H18O4/c1-21-16-11-9-15(20)14-8-10-17(19(22-2)18(14)16)23-12-13-6-4-3-5-7-13/h3-11,20H,12H2,1-2H3. The van der Waals surface area contributed by atoms with Crippen LogP contribution in [0.25, 0.3) is 10.8 Å². The van der Waals surface area contributed by atoms with Gasteiger partial charge in [-0.15, -0.1) is 0 Å². The molecule has 0 saturated heterocycles. The lowest BCUT2D eigenvalue weighted by molar-refractivity contribution is 0.285. The van der Waals surface area contributed by atoms with Crippen LogP contribution in [-0.4, -0.2) is 19.3 Å². The number of methoxy groups -OCH3 is 2. The minimum Gasteiger partial charge on any atom is -0.507 e. The first-order valence-corrected chi connectivity index (χ1v) is 7.28. The Bertz CT molecular complexity index is 812. The molecule has 0 unspecified atom stereocenters. The molecule has 3 rings (SSSR count). The molecule has 3 aromatic carbocycles. The number of benzene rings is 3. The van der Waals surface area contributed by atoms with Crippen LogP contribution < -0.4 is 14.2 Å². The van der Waals surface area contributed by atoms with Gasteiger partial charge < -0.3 is 19.3 Å². The highest BCUT2D eigenvalue weighted by Crippen LogP contribution is 2.44. The number of hydrogen-bond donors (Lipinski definition) is 1. The summed E-state index contributed by atoms with van der Waals surface area (Å²) in [6.07, 6.45) is 0. The molecule has 23 heavy (non-hydrogen) atoms. The van der Waals surface area contributed by atoms with Crippen LogP contribution in [0.1, 0.15) is 5.56 Å². The fraction of sp³-hybridized carbons (Fsp3) is 0.158. The van der Waals surface area contributed by atoms with Gasteiger partial charge in [-0.05, 0) is 29.8 Å². The molecule has 0 aliphatic heterocycles. The molecule has 1 N–H and O–H groups in total. The van der Waals surface area contributed by atoms with Crippen LogP contribution in [0, 0.1) is 0 Å². The Morgan fingerprint density at radius 1 is 0.826 bits per heavy atom. The van der Waals surface area contributed by atoms with Crippen LogP contribution in [0.5, 0.6) is 23.0 Å². The summed E-state index contributed by atoms with van der Waals surface area (Å²) in [6, 6.07) is 16.8. The second-order valence-corrected chi connectivity index (χ2v) is 5.08. The molecular formula is C19H18O4. The lowest BCUT2D eigenvalue weighted by atomic mass is 10.1. The molecule has 4 heteroatoms. The van der Waals surface area contributed by atoms with Crippen molar-refractivity contribution in [3.8, 4) is 23.0 Å². The summed E-state index contributed by atoms with van der Waals surface area (Å²) in [4.78, 5) is 0. The van der Waals surface area contributed by atoms with Crippen molar-refractivity contribution in [3.63, 3.8) is 0 Å². The zero-order valence-corrected chi connectivity index (χ0v) is 13.1. The largest absolute Gasteiger partial charge is 0.507 e. The summed E-state index contributed by atoms with van der Waals surface area (Å²) in [6.45, 7) is 0.434. The van der Waals surface area contributed by atoms with Crippen LogP contribution >= 0.6 is 0 Å². The van der Waals surface area contributed by atoms with E-state index in [1.54, 1.807) is 38.5 Å². The van der Waals surface area contributed by atoms with E-state index in [0.29, 0.717) is 34.6 Å². The van der Waals surface area contributed by atoms with Crippen molar-refractivity contribution < 1.29 is 19.3 Å². The van der Waals surface area contributed by atoms with Gasteiger partial charge in [0.1, 0.15) is 18.1 Å². The normalized spacial score (nSPS) is 10.5. The Balaban J connectivity index is 2.04. The van der Waals surface area contributed by atoms with Crippen molar-refractivity contribution >= 4 is 10.8 Å². The summed E-state index contributed by atoms with van der Waals surface area (Å²) in [7, 11) is 3.16. The van der Waals surface area contributed by atoms with E-state index in [-0.39, 0.29) is 5.75 Å². The Morgan fingerprint density at radius 3 is 2.26 bits per heavy atom. The van der Waals surface area contributed by atoms with Gasteiger partial charge in [0.2, 0.25) is 0 Å². The molecule has 0 radical (unpaired) electrons. The molecule has 0 atom stereocenters. The van der Waals surface area contributed by atoms with E-state index in [1.807, 2.05) is 30.3 Å². The van der Waals surface area contributed by atoms with Gasteiger partial charge in [0.25, 0.3) is 0 Å². The lowest BCUT2D eigenvalue weighted by Crippen LogP contribution is -1.99. The zero-order valence-electron chi connectivity index (χ0n) is 13.1. The van der Waals surface area contributed by atoms with E-state index in [2.05, 4.69) is 0 Å². The SMILES string of the molecule is COc1ccc(O)c2ccc(OCc3ccccc3)c(OC)c12. The summed E-state index contributed by atoms with van der Waals surface area (Å²) >= 11 is 0. The Kier molecular flexibility index (Phi) is 4.24. The van der Waals surface area contributed by atoms with Crippen molar-refractivity contribution in [2.45, 2.75) is 6.61 Å². The highest BCUT2D eigenvalue weighted by molar-refractivity contribution is 5.99. The van der Waals surface area contributed by atoms with Crippen molar-refractivity contribution in [1.82, 2.24) is 0 Å². The number of fused-ring (bicyclic) bond motifs is 1. The van der Waals surface area contributed by atoms with E-state index in [4.69, 9.17) is 14.2 Å². The Morgan fingerprint density at radius 2 is 1.57 bits per heavy atom. The quantitative estimate of drug-likeness (QED) is 0.769. The molecule has 3 aromatic rings. The van der Waals surface area contributed by atoms with Crippen molar-refractivity contribution in [1.29, 1.82) is 0 Å². The summed E-state index contributed by atoms with van der Waals surface area (Å²) in [5.41, 5.74) is 1.07. The number of rotatable bonds is 5. The molecule has 4 nitrogen and oxygen atoms in total. The topological polar surface area (TPSA) is 47.9 Å². The number of aromatic hydroxyl groups is 1. The van der Waals surface area contributed by atoms with Gasteiger partial charge in [-0.1, -0.05) is 30.3 Å². The zero-order chi connectivity index (χ0) is 16.2. The third-order valence-corrected chi connectivity index (χ3v) is 3.70. The van der Waals surface area contributed by atoms with E-state index < -0.39 is 0 Å². The van der Waals surface area contributed by atoms with Gasteiger partial charge in [-0.3, -0.25) is 0 Å². The molecular weight excluding hydrogens is 292 g/mol. The van der Waals surface area contributed by atoms with Crippen LogP contribution in [0.2, 0.25) is 0 Å². The van der Waals surface area contributed by atoms with Crippen LogP contribution in [-0.2, 0) is 6.61 Å². The minimum atomic E-state index is 0.175. The molecule has 0 saturated carbocycles. The summed E-state index contributed by atoms with van der Waals surface area (Å²) in [5, 5.41) is 11.4. The first-order chi connectivity index (χ1) is 11.2. The van der Waals surface area contributed by atoms with Gasteiger partial charge in [-0.2, -0.15) is 0 Å². The lowest BCUT2D eigenvalue weighted by Gasteiger charge is -2.15. The third kappa shape index (κ3) is 2.88. The van der Waals surface area contributed by atoms with Gasteiger partial charge in [0, 0.05) is 5.39 Å². The molecule has 0 aliphatic rings. The molecule has 0 spiro atoms.